The number of amides is 2. The van der Waals surface area contributed by atoms with Crippen molar-refractivity contribution in [3.8, 4) is 5.75 Å². The normalized spacial score (nSPS) is 14.8. The lowest BCUT2D eigenvalue weighted by Gasteiger charge is -2.37. The second-order valence-corrected chi connectivity index (χ2v) is 8.77. The predicted molar refractivity (Wildman–Crippen MR) is 134 cm³/mol. The molecule has 7 nitrogen and oxygen atoms in total. The average Bonchev–Trinajstić information content (AvgIpc) is 3.63. The molecule has 184 valence electrons. The van der Waals surface area contributed by atoms with Crippen molar-refractivity contribution in [1.82, 2.24) is 9.80 Å². The van der Waals surface area contributed by atoms with Crippen LogP contribution in [0, 0.1) is 0 Å². The Hall–Kier alpha value is -4.26. The molecule has 1 aliphatic heterocycles. The molecule has 0 N–H and O–H groups in total. The van der Waals surface area contributed by atoms with Gasteiger partial charge in [0.2, 0.25) is 0 Å². The lowest BCUT2D eigenvalue weighted by atomic mass is 9.87. The summed E-state index contributed by atoms with van der Waals surface area (Å²) < 4.78 is 17.2. The van der Waals surface area contributed by atoms with E-state index in [1.165, 1.54) is 11.8 Å². The van der Waals surface area contributed by atoms with E-state index in [0.717, 1.165) is 17.5 Å². The third-order valence-corrected chi connectivity index (χ3v) is 6.53. The highest BCUT2D eigenvalue weighted by Crippen LogP contribution is 2.38. The van der Waals surface area contributed by atoms with Crippen molar-refractivity contribution in [2.45, 2.75) is 26.0 Å². The zero-order chi connectivity index (χ0) is 25.1. The maximum Gasteiger partial charge on any atom is 0.290 e. The molecule has 5 rings (SSSR count). The summed E-state index contributed by atoms with van der Waals surface area (Å²) in [5.74, 6) is 1.54. The fourth-order valence-corrected chi connectivity index (χ4v) is 4.49. The average molecular weight is 485 g/mol. The zero-order valence-electron chi connectivity index (χ0n) is 20.3. The van der Waals surface area contributed by atoms with E-state index >= 15 is 0 Å². The van der Waals surface area contributed by atoms with Gasteiger partial charge in [0.05, 0.1) is 12.3 Å². The predicted octanol–water partition coefficient (Wildman–Crippen LogP) is 5.33. The molecule has 36 heavy (non-hydrogen) atoms. The summed E-state index contributed by atoms with van der Waals surface area (Å²) in [4.78, 5) is 29.1. The Kier molecular flexibility index (Phi) is 6.62. The van der Waals surface area contributed by atoms with E-state index in [1.54, 1.807) is 36.2 Å². The zero-order valence-corrected chi connectivity index (χ0v) is 20.3. The molecule has 2 aromatic carbocycles. The highest BCUT2D eigenvalue weighted by atomic mass is 16.5. The van der Waals surface area contributed by atoms with Gasteiger partial charge in [0, 0.05) is 20.1 Å². The maximum absolute atomic E-state index is 13.3. The smallest absolute Gasteiger partial charge is 0.290 e. The van der Waals surface area contributed by atoms with Crippen LogP contribution in [0.5, 0.6) is 5.75 Å². The molecule has 0 saturated heterocycles. The molecule has 3 heterocycles. The first-order valence-electron chi connectivity index (χ1n) is 12.0. The fraction of sp³-hybridized carbons (Fsp3) is 0.241. The first kappa shape index (κ1) is 23.5. The van der Waals surface area contributed by atoms with Gasteiger partial charge in [0.1, 0.15) is 18.1 Å². The van der Waals surface area contributed by atoms with Crippen molar-refractivity contribution in [3.05, 3.63) is 113 Å². The van der Waals surface area contributed by atoms with E-state index < -0.39 is 0 Å². The number of hydrogen-bond donors (Lipinski definition) is 0. The van der Waals surface area contributed by atoms with Gasteiger partial charge < -0.3 is 23.4 Å². The van der Waals surface area contributed by atoms with Crippen LogP contribution in [0.25, 0.3) is 0 Å². The van der Waals surface area contributed by atoms with Crippen LogP contribution in [0.1, 0.15) is 56.5 Å². The minimum atomic E-state index is -0.270. The number of rotatable bonds is 7. The Balaban J connectivity index is 1.41. The Morgan fingerprint density at radius 3 is 2.61 bits per heavy atom. The van der Waals surface area contributed by atoms with Crippen LogP contribution in [-0.4, -0.2) is 41.8 Å². The summed E-state index contributed by atoms with van der Waals surface area (Å²) in [6.07, 6.45) is 2.25. The first-order valence-corrected chi connectivity index (χ1v) is 12.0. The van der Waals surface area contributed by atoms with Crippen molar-refractivity contribution < 1.29 is 23.2 Å². The van der Waals surface area contributed by atoms with E-state index in [-0.39, 0.29) is 24.5 Å². The third-order valence-electron chi connectivity index (χ3n) is 6.53. The van der Waals surface area contributed by atoms with Crippen molar-refractivity contribution in [2.75, 3.05) is 20.1 Å². The van der Waals surface area contributed by atoms with Crippen molar-refractivity contribution in [3.63, 3.8) is 0 Å². The van der Waals surface area contributed by atoms with Gasteiger partial charge in [-0.1, -0.05) is 36.4 Å². The molecule has 0 spiro atoms. The minimum absolute atomic E-state index is 0.143. The fourth-order valence-electron chi connectivity index (χ4n) is 4.49. The first-order chi connectivity index (χ1) is 17.5. The molecule has 1 unspecified atom stereocenters. The molecule has 7 heteroatoms. The minimum Gasteiger partial charge on any atom is -0.486 e. The SMILES string of the molecule is CCN(C)C(=O)c1ccc(COc2ccc3c(c2)C(c2ccccc2)N(C(=O)c2ccco2)CC3)o1. The van der Waals surface area contributed by atoms with Gasteiger partial charge in [-0.15, -0.1) is 0 Å². The highest BCUT2D eigenvalue weighted by molar-refractivity contribution is 5.92. The topological polar surface area (TPSA) is 76.1 Å². The molecule has 0 saturated carbocycles. The third kappa shape index (κ3) is 4.64. The molecule has 4 aromatic rings. The molecule has 0 aliphatic carbocycles. The van der Waals surface area contributed by atoms with Crippen LogP contribution in [0.4, 0.5) is 0 Å². The Morgan fingerprint density at radius 1 is 1.03 bits per heavy atom. The molecule has 0 fully saturated rings. The number of carbonyl (C=O) groups is 2. The summed E-state index contributed by atoms with van der Waals surface area (Å²) in [7, 11) is 1.73. The van der Waals surface area contributed by atoms with E-state index in [0.29, 0.717) is 36.1 Å². The summed E-state index contributed by atoms with van der Waals surface area (Å²) in [6, 6.07) is 22.5. The molecule has 2 aromatic heterocycles. The monoisotopic (exact) mass is 484 g/mol. The highest BCUT2D eigenvalue weighted by Gasteiger charge is 2.34. The lowest BCUT2D eigenvalue weighted by Crippen LogP contribution is -2.40. The summed E-state index contributed by atoms with van der Waals surface area (Å²) in [5, 5.41) is 0. The Labute approximate surface area is 209 Å². The van der Waals surface area contributed by atoms with Gasteiger partial charge in [-0.3, -0.25) is 9.59 Å². The Bertz CT molecular complexity index is 1340. The van der Waals surface area contributed by atoms with Gasteiger partial charge >= 0.3 is 0 Å². The van der Waals surface area contributed by atoms with E-state index in [9.17, 15) is 9.59 Å². The van der Waals surface area contributed by atoms with Crippen molar-refractivity contribution in [2.24, 2.45) is 0 Å². The van der Waals surface area contributed by atoms with Gasteiger partial charge in [-0.05, 0) is 66.4 Å². The molecule has 2 amide bonds. The standard InChI is InChI=1S/C29H28N2O5/c1-3-30(2)28(32)26-14-13-23(36-26)19-35-22-12-11-20-15-16-31(29(33)25-10-7-17-34-25)27(24(20)18-22)21-8-5-4-6-9-21/h4-14,17-18,27H,3,15-16,19H2,1-2H3. The van der Waals surface area contributed by atoms with Crippen LogP contribution in [0.3, 0.4) is 0 Å². The Morgan fingerprint density at radius 2 is 1.86 bits per heavy atom. The van der Waals surface area contributed by atoms with Crippen LogP contribution in [0.2, 0.25) is 0 Å². The van der Waals surface area contributed by atoms with Gasteiger partial charge in [-0.25, -0.2) is 0 Å². The van der Waals surface area contributed by atoms with Gasteiger partial charge in [-0.2, -0.15) is 0 Å². The van der Waals surface area contributed by atoms with Crippen LogP contribution in [0.15, 0.2) is 87.9 Å². The maximum atomic E-state index is 13.3. The summed E-state index contributed by atoms with van der Waals surface area (Å²) in [5.41, 5.74) is 3.21. The second-order valence-electron chi connectivity index (χ2n) is 8.77. The largest absolute Gasteiger partial charge is 0.486 e. The van der Waals surface area contributed by atoms with Crippen LogP contribution in [-0.2, 0) is 13.0 Å². The summed E-state index contributed by atoms with van der Waals surface area (Å²) >= 11 is 0. The number of ether oxygens (including phenoxy) is 1. The molecule has 1 aliphatic rings. The lowest BCUT2D eigenvalue weighted by molar-refractivity contribution is 0.0661. The number of benzene rings is 2. The molecule has 0 radical (unpaired) electrons. The van der Waals surface area contributed by atoms with E-state index in [4.69, 9.17) is 13.6 Å². The molecule has 1 atom stereocenters. The summed E-state index contributed by atoms with van der Waals surface area (Å²) in [6.45, 7) is 3.28. The number of hydrogen-bond acceptors (Lipinski definition) is 5. The number of furan rings is 2. The van der Waals surface area contributed by atoms with Gasteiger partial charge in [0.15, 0.2) is 11.5 Å². The van der Waals surface area contributed by atoms with E-state index in [1.807, 2.05) is 54.3 Å². The van der Waals surface area contributed by atoms with Gasteiger partial charge in [0.25, 0.3) is 11.8 Å². The second kappa shape index (κ2) is 10.2. The quantitative estimate of drug-likeness (QED) is 0.354. The number of nitrogens with zero attached hydrogens (tertiary/aromatic N) is 2. The molecular weight excluding hydrogens is 456 g/mol. The number of carbonyl (C=O) groups excluding carboxylic acids is 2. The van der Waals surface area contributed by atoms with Crippen LogP contribution < -0.4 is 4.74 Å². The van der Waals surface area contributed by atoms with Crippen LogP contribution >= 0.6 is 0 Å². The van der Waals surface area contributed by atoms with Crippen molar-refractivity contribution in [1.29, 1.82) is 0 Å². The molecular formula is C29H28N2O5. The van der Waals surface area contributed by atoms with Crippen molar-refractivity contribution >= 4 is 11.8 Å². The number of fused-ring (bicyclic) bond motifs is 1. The van der Waals surface area contributed by atoms with E-state index in [2.05, 4.69) is 6.07 Å². The molecule has 0 bridgehead atoms.